The van der Waals surface area contributed by atoms with E-state index < -0.39 is 10.5 Å². The van der Waals surface area contributed by atoms with Gasteiger partial charge >= 0.3 is 11.8 Å². The lowest BCUT2D eigenvalue weighted by atomic mass is 10.1. The standard InChI is InChI=1S/C17H24N2O5/c1-12-6-5-7-14(15(12)19(21)22)23-13-8-10-18(11-9-13)16(20)24-17(2,3)4/h5-7,13H,8-11H2,1-4H3. The lowest BCUT2D eigenvalue weighted by Gasteiger charge is -2.33. The number of piperidine rings is 1. The van der Waals surface area contributed by atoms with Crippen molar-refractivity contribution in [3.05, 3.63) is 33.9 Å². The van der Waals surface area contributed by atoms with E-state index in [4.69, 9.17) is 9.47 Å². The molecule has 0 bridgehead atoms. The maximum absolute atomic E-state index is 12.0. The van der Waals surface area contributed by atoms with Crippen molar-refractivity contribution < 1.29 is 19.2 Å². The second-order valence-corrected chi connectivity index (χ2v) is 6.96. The van der Waals surface area contributed by atoms with Crippen LogP contribution >= 0.6 is 0 Å². The van der Waals surface area contributed by atoms with Gasteiger partial charge in [-0.25, -0.2) is 4.79 Å². The highest BCUT2D eigenvalue weighted by Gasteiger charge is 2.29. The number of nitro benzene ring substituents is 1. The van der Waals surface area contributed by atoms with Crippen LogP contribution in [0.4, 0.5) is 10.5 Å². The number of nitrogens with zero attached hydrogens (tertiary/aromatic N) is 2. The average molecular weight is 336 g/mol. The van der Waals surface area contributed by atoms with Gasteiger partial charge in [-0.15, -0.1) is 0 Å². The van der Waals surface area contributed by atoms with Gasteiger partial charge in [-0.2, -0.15) is 0 Å². The largest absolute Gasteiger partial charge is 0.483 e. The number of carbonyl (C=O) groups is 1. The average Bonchev–Trinajstić information content (AvgIpc) is 2.45. The van der Waals surface area contributed by atoms with Crippen LogP contribution in [0.2, 0.25) is 0 Å². The number of carbonyl (C=O) groups excluding carboxylic acids is 1. The van der Waals surface area contributed by atoms with Gasteiger partial charge in [0.15, 0.2) is 5.75 Å². The Morgan fingerprint density at radius 3 is 2.46 bits per heavy atom. The molecule has 1 aromatic carbocycles. The third-order valence-corrected chi connectivity index (χ3v) is 3.77. The first-order valence-corrected chi connectivity index (χ1v) is 8.06. The Bertz CT molecular complexity index is 616. The molecule has 1 aliphatic heterocycles. The van der Waals surface area contributed by atoms with E-state index in [-0.39, 0.29) is 23.6 Å². The van der Waals surface area contributed by atoms with Crippen molar-refractivity contribution in [2.75, 3.05) is 13.1 Å². The predicted octanol–water partition coefficient (Wildman–Crippen LogP) is 3.68. The molecule has 1 heterocycles. The number of likely N-dealkylation sites (tertiary alicyclic amines) is 1. The molecular weight excluding hydrogens is 312 g/mol. The summed E-state index contributed by atoms with van der Waals surface area (Å²) in [6.07, 6.45) is 0.751. The number of benzene rings is 1. The van der Waals surface area contributed by atoms with Crippen LogP contribution in [0.1, 0.15) is 39.2 Å². The third-order valence-electron chi connectivity index (χ3n) is 3.77. The molecule has 0 saturated carbocycles. The van der Waals surface area contributed by atoms with E-state index in [0.29, 0.717) is 31.5 Å². The summed E-state index contributed by atoms with van der Waals surface area (Å²) >= 11 is 0. The molecule has 7 heteroatoms. The summed E-state index contributed by atoms with van der Waals surface area (Å²) in [6.45, 7) is 8.21. The van der Waals surface area contributed by atoms with Crippen molar-refractivity contribution in [1.29, 1.82) is 0 Å². The second kappa shape index (κ2) is 7.07. The highest BCUT2D eigenvalue weighted by atomic mass is 16.6. The zero-order chi connectivity index (χ0) is 17.9. The summed E-state index contributed by atoms with van der Waals surface area (Å²) in [5.74, 6) is 0.288. The highest BCUT2D eigenvalue weighted by molar-refractivity contribution is 5.68. The first kappa shape index (κ1) is 18.0. The van der Waals surface area contributed by atoms with Gasteiger partial charge in [0, 0.05) is 31.5 Å². The molecule has 132 valence electrons. The van der Waals surface area contributed by atoms with E-state index in [0.717, 1.165) is 0 Å². The molecule has 1 fully saturated rings. The van der Waals surface area contributed by atoms with Crippen LogP contribution < -0.4 is 4.74 Å². The van der Waals surface area contributed by atoms with E-state index in [1.807, 2.05) is 20.8 Å². The molecule has 1 amide bonds. The predicted molar refractivity (Wildman–Crippen MR) is 89.3 cm³/mol. The Balaban J connectivity index is 1.96. The normalized spacial score (nSPS) is 15.9. The molecule has 0 N–H and O–H groups in total. The third kappa shape index (κ3) is 4.59. The number of nitro groups is 1. The van der Waals surface area contributed by atoms with Crippen molar-refractivity contribution in [1.82, 2.24) is 4.90 Å². The molecule has 1 aromatic rings. The quantitative estimate of drug-likeness (QED) is 0.621. The Morgan fingerprint density at radius 1 is 1.29 bits per heavy atom. The topological polar surface area (TPSA) is 81.9 Å². The minimum Gasteiger partial charge on any atom is -0.483 e. The Kier molecular flexibility index (Phi) is 5.31. The van der Waals surface area contributed by atoms with Crippen LogP contribution in [0.15, 0.2) is 18.2 Å². The number of para-hydroxylation sites is 1. The summed E-state index contributed by atoms with van der Waals surface area (Å²) in [5.41, 5.74) is 0.0582. The number of aryl methyl sites for hydroxylation is 1. The Hall–Kier alpha value is -2.31. The summed E-state index contributed by atoms with van der Waals surface area (Å²) < 4.78 is 11.2. The van der Waals surface area contributed by atoms with Gasteiger partial charge < -0.3 is 14.4 Å². The van der Waals surface area contributed by atoms with E-state index in [1.54, 1.807) is 30.0 Å². The summed E-state index contributed by atoms with van der Waals surface area (Å²) in [7, 11) is 0. The van der Waals surface area contributed by atoms with Crippen molar-refractivity contribution in [2.45, 2.75) is 52.2 Å². The second-order valence-electron chi connectivity index (χ2n) is 6.96. The van der Waals surface area contributed by atoms with Crippen molar-refractivity contribution in [3.63, 3.8) is 0 Å². The number of hydrogen-bond donors (Lipinski definition) is 0. The summed E-state index contributed by atoms with van der Waals surface area (Å²) in [4.78, 5) is 24.5. The number of amides is 1. The Morgan fingerprint density at radius 2 is 1.92 bits per heavy atom. The highest BCUT2D eigenvalue weighted by Crippen LogP contribution is 2.32. The molecule has 0 radical (unpaired) electrons. The lowest BCUT2D eigenvalue weighted by Crippen LogP contribution is -2.44. The van der Waals surface area contributed by atoms with E-state index >= 15 is 0 Å². The van der Waals surface area contributed by atoms with Crippen molar-refractivity contribution in [3.8, 4) is 5.75 Å². The Labute approximate surface area is 141 Å². The SMILES string of the molecule is Cc1cccc(OC2CCN(C(=O)OC(C)(C)C)CC2)c1[N+](=O)[O-]. The van der Waals surface area contributed by atoms with Crippen LogP contribution in [0.5, 0.6) is 5.75 Å². The molecule has 0 spiro atoms. The number of ether oxygens (including phenoxy) is 2. The van der Waals surface area contributed by atoms with Crippen molar-refractivity contribution >= 4 is 11.8 Å². The fourth-order valence-corrected chi connectivity index (χ4v) is 2.62. The van der Waals surface area contributed by atoms with Gasteiger partial charge in [0.1, 0.15) is 11.7 Å². The smallest absolute Gasteiger partial charge is 0.410 e. The zero-order valence-electron chi connectivity index (χ0n) is 14.6. The maximum atomic E-state index is 12.0. The lowest BCUT2D eigenvalue weighted by molar-refractivity contribution is -0.386. The van der Waals surface area contributed by atoms with Gasteiger partial charge in [-0.1, -0.05) is 12.1 Å². The molecule has 1 aliphatic rings. The van der Waals surface area contributed by atoms with E-state index in [1.165, 1.54) is 0 Å². The molecule has 2 rings (SSSR count). The molecular formula is C17H24N2O5. The summed E-state index contributed by atoms with van der Waals surface area (Å²) in [6, 6.07) is 5.05. The zero-order valence-corrected chi connectivity index (χ0v) is 14.6. The van der Waals surface area contributed by atoms with Crippen LogP contribution in [0, 0.1) is 17.0 Å². The molecule has 0 aliphatic carbocycles. The first-order chi connectivity index (χ1) is 11.2. The molecule has 7 nitrogen and oxygen atoms in total. The van der Waals surface area contributed by atoms with Crippen LogP contribution in [0.3, 0.4) is 0 Å². The minimum absolute atomic E-state index is 0.00655. The molecule has 24 heavy (non-hydrogen) atoms. The molecule has 1 saturated heterocycles. The van der Waals surface area contributed by atoms with Crippen LogP contribution in [0.25, 0.3) is 0 Å². The van der Waals surface area contributed by atoms with Gasteiger partial charge in [0.2, 0.25) is 0 Å². The number of hydrogen-bond acceptors (Lipinski definition) is 5. The van der Waals surface area contributed by atoms with Gasteiger partial charge in [0.05, 0.1) is 4.92 Å². The molecule has 0 aromatic heterocycles. The molecule has 0 atom stereocenters. The first-order valence-electron chi connectivity index (χ1n) is 8.06. The van der Waals surface area contributed by atoms with Crippen LogP contribution in [-0.2, 0) is 4.74 Å². The summed E-state index contributed by atoms with van der Waals surface area (Å²) in [5, 5.41) is 11.2. The van der Waals surface area contributed by atoms with E-state index in [2.05, 4.69) is 0 Å². The molecule has 0 unspecified atom stereocenters. The van der Waals surface area contributed by atoms with Crippen LogP contribution in [-0.4, -0.2) is 40.7 Å². The minimum atomic E-state index is -0.521. The monoisotopic (exact) mass is 336 g/mol. The number of rotatable bonds is 3. The van der Waals surface area contributed by atoms with Gasteiger partial charge in [-0.3, -0.25) is 10.1 Å². The fraction of sp³-hybridized carbons (Fsp3) is 0.588. The maximum Gasteiger partial charge on any atom is 0.410 e. The van der Waals surface area contributed by atoms with E-state index in [9.17, 15) is 14.9 Å². The van der Waals surface area contributed by atoms with Gasteiger partial charge in [0.25, 0.3) is 0 Å². The van der Waals surface area contributed by atoms with Gasteiger partial charge in [-0.05, 0) is 33.8 Å². The fourth-order valence-electron chi connectivity index (χ4n) is 2.62. The van der Waals surface area contributed by atoms with Crippen molar-refractivity contribution in [2.24, 2.45) is 0 Å².